The van der Waals surface area contributed by atoms with Crippen LogP contribution in [0.1, 0.15) is 76.2 Å². The van der Waals surface area contributed by atoms with Gasteiger partial charge in [0.25, 0.3) is 0 Å². The maximum atomic E-state index is 14.3. The summed E-state index contributed by atoms with van der Waals surface area (Å²) in [6.45, 7) is 1.60. The third kappa shape index (κ3) is 4.35. The van der Waals surface area contributed by atoms with E-state index in [1.165, 1.54) is 57.1 Å². The maximum absolute atomic E-state index is 14.3. The Morgan fingerprint density at radius 3 is 2.08 bits per heavy atom. The fourth-order valence-electron chi connectivity index (χ4n) is 4.67. The van der Waals surface area contributed by atoms with Crippen LogP contribution in [0.4, 0.5) is 8.78 Å². The molecule has 0 spiro atoms. The lowest BCUT2D eigenvalue weighted by Crippen LogP contribution is -2.23. The lowest BCUT2D eigenvalue weighted by atomic mass is 9.70. The van der Waals surface area contributed by atoms with E-state index in [0.717, 1.165) is 30.2 Å². The molecule has 0 radical (unpaired) electrons. The highest BCUT2D eigenvalue weighted by Gasteiger charge is 2.30. The molecule has 3 heteroatoms. The summed E-state index contributed by atoms with van der Waals surface area (Å²) in [5.74, 6) is 2.62. The summed E-state index contributed by atoms with van der Waals surface area (Å²) in [5.41, 5.74) is 0.762. The van der Waals surface area contributed by atoms with Gasteiger partial charge in [-0.1, -0.05) is 38.0 Å². The first-order valence-corrected chi connectivity index (χ1v) is 9.70. The first kappa shape index (κ1) is 18.2. The van der Waals surface area contributed by atoms with Crippen LogP contribution in [0.25, 0.3) is 0 Å². The van der Waals surface area contributed by atoms with Crippen molar-refractivity contribution in [1.29, 1.82) is 0 Å². The minimum Gasteiger partial charge on any atom is -0.472 e. The molecule has 3 rings (SSSR count). The quantitative estimate of drug-likeness (QED) is 0.588. The van der Waals surface area contributed by atoms with Gasteiger partial charge in [0.15, 0.2) is 23.5 Å². The van der Waals surface area contributed by atoms with Crippen molar-refractivity contribution in [2.45, 2.75) is 76.7 Å². The zero-order valence-electron chi connectivity index (χ0n) is 15.1. The third-order valence-corrected chi connectivity index (χ3v) is 6.11. The van der Waals surface area contributed by atoms with Gasteiger partial charge in [0.2, 0.25) is 0 Å². The van der Waals surface area contributed by atoms with E-state index < -0.39 is 17.7 Å². The lowest BCUT2D eigenvalue weighted by Gasteiger charge is -2.36. The molecule has 2 fully saturated rings. The lowest BCUT2D eigenvalue weighted by molar-refractivity contribution is 0.185. The Morgan fingerprint density at radius 1 is 0.960 bits per heavy atom. The molecule has 1 aromatic carbocycles. The van der Waals surface area contributed by atoms with Gasteiger partial charge in [-0.15, -0.1) is 6.42 Å². The van der Waals surface area contributed by atoms with Crippen LogP contribution in [-0.4, -0.2) is 6.10 Å². The first-order valence-electron chi connectivity index (χ1n) is 9.70. The van der Waals surface area contributed by atoms with Crippen LogP contribution < -0.4 is 4.74 Å². The van der Waals surface area contributed by atoms with E-state index in [-0.39, 0.29) is 11.7 Å². The molecule has 0 aromatic heterocycles. The van der Waals surface area contributed by atoms with Crippen LogP contribution in [-0.2, 0) is 0 Å². The van der Waals surface area contributed by atoms with Gasteiger partial charge in [-0.05, 0) is 68.1 Å². The SMILES string of the molecule is C#C[C@@H](C)Oc1c(F)cc(C2CCC(C3CCCCC3)CC2)cc1F. The molecule has 0 bridgehead atoms. The Balaban J connectivity index is 1.64. The topological polar surface area (TPSA) is 9.23 Å². The van der Waals surface area contributed by atoms with Crippen molar-refractivity contribution in [2.24, 2.45) is 11.8 Å². The predicted molar refractivity (Wildman–Crippen MR) is 96.6 cm³/mol. The van der Waals surface area contributed by atoms with Crippen molar-refractivity contribution < 1.29 is 13.5 Å². The minimum atomic E-state index is -0.652. The number of benzene rings is 1. The zero-order valence-corrected chi connectivity index (χ0v) is 15.1. The fourth-order valence-corrected chi connectivity index (χ4v) is 4.67. The smallest absolute Gasteiger partial charge is 0.192 e. The summed E-state index contributed by atoms with van der Waals surface area (Å²) in [6, 6.07) is 2.88. The number of halogens is 2. The molecule has 0 unspecified atom stereocenters. The van der Waals surface area contributed by atoms with Crippen molar-refractivity contribution in [3.63, 3.8) is 0 Å². The number of hydrogen-bond acceptors (Lipinski definition) is 1. The Hall–Kier alpha value is -1.56. The summed E-state index contributed by atoms with van der Waals surface area (Å²) in [7, 11) is 0. The van der Waals surface area contributed by atoms with Crippen molar-refractivity contribution in [1.82, 2.24) is 0 Å². The molecule has 2 saturated carbocycles. The van der Waals surface area contributed by atoms with Crippen LogP contribution in [0, 0.1) is 35.8 Å². The van der Waals surface area contributed by atoms with Gasteiger partial charge in [0, 0.05) is 0 Å². The standard InChI is InChI=1S/C22H28F2O/c1-3-15(2)25-22-20(23)13-19(14-21(22)24)18-11-9-17(10-12-18)16-7-5-4-6-8-16/h1,13-18H,4-12H2,2H3/t15-,17?,18?/m1/s1. The van der Waals surface area contributed by atoms with Crippen molar-refractivity contribution in [2.75, 3.05) is 0 Å². The molecule has 1 atom stereocenters. The average molecular weight is 346 g/mol. The predicted octanol–water partition coefficient (Wildman–Crippen LogP) is 6.22. The van der Waals surface area contributed by atoms with Crippen LogP contribution in [0.3, 0.4) is 0 Å². The summed E-state index contributed by atoms with van der Waals surface area (Å²) in [4.78, 5) is 0. The molecule has 0 aliphatic heterocycles. The summed E-state index contributed by atoms with van der Waals surface area (Å²) in [5, 5.41) is 0. The van der Waals surface area contributed by atoms with E-state index >= 15 is 0 Å². The third-order valence-electron chi connectivity index (χ3n) is 6.11. The molecule has 0 heterocycles. The van der Waals surface area contributed by atoms with Gasteiger partial charge in [-0.3, -0.25) is 0 Å². The van der Waals surface area contributed by atoms with Gasteiger partial charge in [0.1, 0.15) is 0 Å². The van der Waals surface area contributed by atoms with Crippen molar-refractivity contribution in [3.8, 4) is 18.1 Å². The van der Waals surface area contributed by atoms with Gasteiger partial charge in [-0.2, -0.15) is 0 Å². The Kier molecular flexibility index (Phi) is 5.99. The van der Waals surface area contributed by atoms with Crippen LogP contribution in [0.2, 0.25) is 0 Å². The zero-order chi connectivity index (χ0) is 17.8. The fraction of sp³-hybridized carbons (Fsp3) is 0.636. The van der Waals surface area contributed by atoms with Gasteiger partial charge in [-0.25, -0.2) is 8.78 Å². The molecule has 0 N–H and O–H groups in total. The van der Waals surface area contributed by atoms with Crippen molar-refractivity contribution in [3.05, 3.63) is 29.3 Å². The van der Waals surface area contributed by atoms with Crippen LogP contribution in [0.15, 0.2) is 12.1 Å². The Labute approximate surface area is 150 Å². The van der Waals surface area contributed by atoms with E-state index in [2.05, 4.69) is 5.92 Å². The second-order valence-corrected chi connectivity index (χ2v) is 7.75. The van der Waals surface area contributed by atoms with E-state index in [1.54, 1.807) is 6.92 Å². The highest BCUT2D eigenvalue weighted by atomic mass is 19.1. The molecule has 2 aliphatic carbocycles. The number of hydrogen-bond donors (Lipinski definition) is 0. The van der Waals surface area contributed by atoms with E-state index in [9.17, 15) is 8.78 Å². The Morgan fingerprint density at radius 2 is 1.52 bits per heavy atom. The molecule has 0 amide bonds. The molecule has 2 aliphatic rings. The molecule has 0 saturated heterocycles. The highest BCUT2D eigenvalue weighted by molar-refractivity contribution is 5.34. The van der Waals surface area contributed by atoms with Gasteiger partial charge >= 0.3 is 0 Å². The summed E-state index contributed by atoms with van der Waals surface area (Å²) >= 11 is 0. The largest absolute Gasteiger partial charge is 0.472 e. The first-order chi connectivity index (χ1) is 12.1. The van der Waals surface area contributed by atoms with Crippen LogP contribution in [0.5, 0.6) is 5.75 Å². The molecule has 25 heavy (non-hydrogen) atoms. The Bertz CT molecular complexity index is 596. The van der Waals surface area contributed by atoms with E-state index in [1.807, 2.05) is 0 Å². The number of terminal acetylenes is 1. The molecular weight excluding hydrogens is 318 g/mol. The average Bonchev–Trinajstić information content (AvgIpc) is 2.65. The minimum absolute atomic E-state index is 0.253. The second kappa shape index (κ2) is 8.21. The van der Waals surface area contributed by atoms with E-state index in [0.29, 0.717) is 0 Å². The van der Waals surface area contributed by atoms with Crippen LogP contribution >= 0.6 is 0 Å². The normalized spacial score (nSPS) is 26.0. The van der Waals surface area contributed by atoms with Crippen molar-refractivity contribution >= 4 is 0 Å². The summed E-state index contributed by atoms with van der Waals surface area (Å²) < 4.78 is 33.8. The van der Waals surface area contributed by atoms with Gasteiger partial charge in [0.05, 0.1) is 0 Å². The number of ether oxygens (including phenoxy) is 1. The molecule has 1 aromatic rings. The number of rotatable bonds is 4. The molecular formula is C22H28F2O. The molecule has 1 nitrogen and oxygen atoms in total. The highest BCUT2D eigenvalue weighted by Crippen LogP contribution is 2.43. The second-order valence-electron chi connectivity index (χ2n) is 7.75. The monoisotopic (exact) mass is 346 g/mol. The maximum Gasteiger partial charge on any atom is 0.192 e. The summed E-state index contributed by atoms with van der Waals surface area (Å²) in [6.07, 6.45) is 15.9. The van der Waals surface area contributed by atoms with E-state index in [4.69, 9.17) is 11.2 Å². The molecule has 136 valence electrons. The van der Waals surface area contributed by atoms with Gasteiger partial charge < -0.3 is 4.74 Å².